The largest absolute Gasteiger partial charge is 0.484 e. The number of nitrogens with two attached hydrogens (primary N) is 1. The van der Waals surface area contributed by atoms with Crippen molar-refractivity contribution in [3.05, 3.63) is 48.3 Å². The summed E-state index contributed by atoms with van der Waals surface area (Å²) in [5.74, 6) is 1.72. The van der Waals surface area contributed by atoms with Crippen LogP contribution in [-0.2, 0) is 13.0 Å². The normalized spacial score (nSPS) is 10.8. The SMILES string of the molecule is NCCc1nnc(COc2ccc3ncccc3c2)o1. The molecular formula is C14H14N4O2. The van der Waals surface area contributed by atoms with E-state index in [0.29, 0.717) is 24.7 Å². The fraction of sp³-hybridized carbons (Fsp3) is 0.214. The molecule has 0 saturated carbocycles. The highest BCUT2D eigenvalue weighted by molar-refractivity contribution is 5.79. The monoisotopic (exact) mass is 270 g/mol. The first-order valence-electron chi connectivity index (χ1n) is 6.34. The molecule has 20 heavy (non-hydrogen) atoms. The van der Waals surface area contributed by atoms with Gasteiger partial charge in [0.25, 0.3) is 5.89 Å². The lowest BCUT2D eigenvalue weighted by molar-refractivity contribution is 0.259. The summed E-state index contributed by atoms with van der Waals surface area (Å²) in [7, 11) is 0. The Balaban J connectivity index is 1.69. The topological polar surface area (TPSA) is 87.1 Å². The van der Waals surface area contributed by atoms with Crippen molar-refractivity contribution in [3.63, 3.8) is 0 Å². The fourth-order valence-electron chi connectivity index (χ4n) is 1.86. The van der Waals surface area contributed by atoms with Crippen LogP contribution in [-0.4, -0.2) is 21.7 Å². The lowest BCUT2D eigenvalue weighted by atomic mass is 10.2. The van der Waals surface area contributed by atoms with Crippen LogP contribution in [0.2, 0.25) is 0 Å². The Labute approximate surface area is 115 Å². The number of nitrogens with zero attached hydrogens (tertiary/aromatic N) is 3. The van der Waals surface area contributed by atoms with Gasteiger partial charge in [-0.15, -0.1) is 10.2 Å². The van der Waals surface area contributed by atoms with E-state index < -0.39 is 0 Å². The molecule has 6 nitrogen and oxygen atoms in total. The zero-order valence-electron chi connectivity index (χ0n) is 10.8. The molecule has 0 radical (unpaired) electrons. The third-order valence-corrected chi connectivity index (χ3v) is 2.80. The van der Waals surface area contributed by atoms with Gasteiger partial charge in [0.1, 0.15) is 5.75 Å². The van der Waals surface area contributed by atoms with Gasteiger partial charge in [0.2, 0.25) is 5.89 Å². The summed E-state index contributed by atoms with van der Waals surface area (Å²) in [5.41, 5.74) is 6.36. The molecule has 0 bridgehead atoms. The maximum absolute atomic E-state index is 5.64. The highest BCUT2D eigenvalue weighted by atomic mass is 16.5. The summed E-state index contributed by atoms with van der Waals surface area (Å²) < 4.78 is 11.0. The van der Waals surface area contributed by atoms with Crippen LogP contribution in [0.25, 0.3) is 10.9 Å². The maximum Gasteiger partial charge on any atom is 0.253 e. The second-order valence-electron chi connectivity index (χ2n) is 4.27. The highest BCUT2D eigenvalue weighted by Crippen LogP contribution is 2.19. The van der Waals surface area contributed by atoms with E-state index in [1.165, 1.54) is 0 Å². The van der Waals surface area contributed by atoms with E-state index in [-0.39, 0.29) is 6.61 Å². The van der Waals surface area contributed by atoms with Gasteiger partial charge < -0.3 is 14.9 Å². The molecule has 2 N–H and O–H groups in total. The third-order valence-electron chi connectivity index (χ3n) is 2.80. The Kier molecular flexibility index (Phi) is 3.56. The minimum absolute atomic E-state index is 0.239. The number of aromatic nitrogens is 3. The Morgan fingerprint density at radius 2 is 2.05 bits per heavy atom. The van der Waals surface area contributed by atoms with Gasteiger partial charge in [-0.3, -0.25) is 4.98 Å². The highest BCUT2D eigenvalue weighted by Gasteiger charge is 2.06. The molecule has 2 heterocycles. The van der Waals surface area contributed by atoms with Crippen LogP contribution in [0.1, 0.15) is 11.8 Å². The lowest BCUT2D eigenvalue weighted by Gasteiger charge is -2.04. The molecule has 3 rings (SSSR count). The molecule has 2 aromatic heterocycles. The van der Waals surface area contributed by atoms with E-state index in [1.54, 1.807) is 6.20 Å². The van der Waals surface area contributed by atoms with Crippen molar-refractivity contribution in [3.8, 4) is 5.75 Å². The van der Waals surface area contributed by atoms with E-state index in [1.807, 2.05) is 30.3 Å². The van der Waals surface area contributed by atoms with Crippen molar-refractivity contribution in [1.29, 1.82) is 0 Å². The van der Waals surface area contributed by atoms with Gasteiger partial charge in [-0.05, 0) is 24.3 Å². The van der Waals surface area contributed by atoms with Gasteiger partial charge in [-0.25, -0.2) is 0 Å². The lowest BCUT2D eigenvalue weighted by Crippen LogP contribution is -2.02. The maximum atomic E-state index is 5.64. The number of fused-ring (bicyclic) bond motifs is 1. The molecule has 0 spiro atoms. The molecule has 0 fully saturated rings. The first-order valence-corrected chi connectivity index (χ1v) is 6.34. The number of ether oxygens (including phenoxy) is 1. The summed E-state index contributed by atoms with van der Waals surface area (Å²) >= 11 is 0. The summed E-state index contributed by atoms with van der Waals surface area (Å²) in [6, 6.07) is 9.59. The third kappa shape index (κ3) is 2.75. The first kappa shape index (κ1) is 12.6. The predicted octanol–water partition coefficient (Wildman–Crippen LogP) is 1.70. The van der Waals surface area contributed by atoms with Crippen LogP contribution in [0.15, 0.2) is 40.9 Å². The Morgan fingerprint density at radius 1 is 1.15 bits per heavy atom. The molecule has 0 atom stereocenters. The van der Waals surface area contributed by atoms with Crippen molar-refractivity contribution in [2.24, 2.45) is 5.73 Å². The van der Waals surface area contributed by atoms with Crippen molar-refractivity contribution in [1.82, 2.24) is 15.2 Å². The number of pyridine rings is 1. The molecular weight excluding hydrogens is 256 g/mol. The average molecular weight is 270 g/mol. The van der Waals surface area contributed by atoms with E-state index in [9.17, 15) is 0 Å². The van der Waals surface area contributed by atoms with Gasteiger partial charge in [0.05, 0.1) is 5.52 Å². The number of benzene rings is 1. The smallest absolute Gasteiger partial charge is 0.253 e. The molecule has 0 unspecified atom stereocenters. The van der Waals surface area contributed by atoms with Gasteiger partial charge in [-0.1, -0.05) is 6.07 Å². The molecule has 0 aliphatic carbocycles. The minimum Gasteiger partial charge on any atom is -0.484 e. The Hall–Kier alpha value is -2.47. The Bertz CT molecular complexity index is 711. The van der Waals surface area contributed by atoms with Gasteiger partial charge in [0, 0.05) is 24.5 Å². The van der Waals surface area contributed by atoms with Crippen molar-refractivity contribution < 1.29 is 9.15 Å². The average Bonchev–Trinajstić information content (AvgIpc) is 2.93. The van der Waals surface area contributed by atoms with Gasteiger partial charge in [0.15, 0.2) is 6.61 Å². The van der Waals surface area contributed by atoms with Crippen LogP contribution in [0.4, 0.5) is 0 Å². The molecule has 0 amide bonds. The van der Waals surface area contributed by atoms with E-state index in [0.717, 1.165) is 16.7 Å². The summed E-state index contributed by atoms with van der Waals surface area (Å²) in [4.78, 5) is 4.26. The first-order chi connectivity index (χ1) is 9.85. The molecule has 1 aromatic carbocycles. The second-order valence-corrected chi connectivity index (χ2v) is 4.27. The van der Waals surface area contributed by atoms with E-state index >= 15 is 0 Å². The standard InChI is InChI=1S/C14H14N4O2/c15-6-5-13-17-18-14(20-13)9-19-11-3-4-12-10(8-11)2-1-7-16-12/h1-4,7-8H,5-6,9,15H2. The zero-order chi connectivity index (χ0) is 13.8. The minimum atomic E-state index is 0.239. The second kappa shape index (κ2) is 5.66. The van der Waals surface area contributed by atoms with Gasteiger partial charge >= 0.3 is 0 Å². The summed E-state index contributed by atoms with van der Waals surface area (Å²) in [6.07, 6.45) is 2.34. The predicted molar refractivity (Wildman–Crippen MR) is 73.1 cm³/mol. The summed E-state index contributed by atoms with van der Waals surface area (Å²) in [5, 5.41) is 8.81. The van der Waals surface area contributed by atoms with Crippen molar-refractivity contribution in [2.75, 3.05) is 6.54 Å². The summed E-state index contributed by atoms with van der Waals surface area (Å²) in [6.45, 7) is 0.726. The molecule has 0 aliphatic rings. The quantitative estimate of drug-likeness (QED) is 0.759. The molecule has 6 heteroatoms. The molecule has 102 valence electrons. The van der Waals surface area contributed by atoms with Crippen LogP contribution in [0.5, 0.6) is 5.75 Å². The van der Waals surface area contributed by atoms with Crippen molar-refractivity contribution >= 4 is 10.9 Å². The molecule has 3 aromatic rings. The number of hydrogen-bond donors (Lipinski definition) is 1. The van der Waals surface area contributed by atoms with Crippen LogP contribution >= 0.6 is 0 Å². The van der Waals surface area contributed by atoms with Crippen LogP contribution in [0, 0.1) is 0 Å². The number of hydrogen-bond acceptors (Lipinski definition) is 6. The van der Waals surface area contributed by atoms with Gasteiger partial charge in [-0.2, -0.15) is 0 Å². The van der Waals surface area contributed by atoms with E-state index in [2.05, 4.69) is 15.2 Å². The molecule has 0 aliphatic heterocycles. The van der Waals surface area contributed by atoms with Crippen LogP contribution < -0.4 is 10.5 Å². The fourth-order valence-corrected chi connectivity index (χ4v) is 1.86. The van der Waals surface area contributed by atoms with Crippen molar-refractivity contribution in [2.45, 2.75) is 13.0 Å². The Morgan fingerprint density at radius 3 is 2.95 bits per heavy atom. The zero-order valence-corrected chi connectivity index (χ0v) is 10.8. The number of rotatable bonds is 5. The van der Waals surface area contributed by atoms with E-state index in [4.69, 9.17) is 14.9 Å². The molecule has 0 saturated heterocycles. The van der Waals surface area contributed by atoms with Crippen LogP contribution in [0.3, 0.4) is 0 Å².